The third-order valence-electron chi connectivity index (χ3n) is 3.63. The van der Waals surface area contributed by atoms with Gasteiger partial charge < -0.3 is 20.5 Å². The molecular formula is C14H23N3O2. The SMILES string of the molecule is C[C@@H](N)c1ccc(N(C)CC2(O)CCOCC2)cn1. The largest absolute Gasteiger partial charge is 0.388 e. The molecule has 1 atom stereocenters. The van der Waals surface area contributed by atoms with Crippen LogP contribution in [-0.2, 0) is 4.74 Å². The molecule has 1 aromatic heterocycles. The lowest BCUT2D eigenvalue weighted by atomic mass is 9.94. The summed E-state index contributed by atoms with van der Waals surface area (Å²) < 4.78 is 5.29. The summed E-state index contributed by atoms with van der Waals surface area (Å²) in [7, 11) is 1.97. The highest BCUT2D eigenvalue weighted by Crippen LogP contribution is 2.24. The topological polar surface area (TPSA) is 71.6 Å². The number of likely N-dealkylation sites (N-methyl/N-ethyl adjacent to an activating group) is 1. The van der Waals surface area contributed by atoms with Crippen molar-refractivity contribution in [3.05, 3.63) is 24.0 Å². The minimum atomic E-state index is -0.660. The van der Waals surface area contributed by atoms with Gasteiger partial charge in [0.2, 0.25) is 0 Å². The van der Waals surface area contributed by atoms with Crippen LogP contribution >= 0.6 is 0 Å². The van der Waals surface area contributed by atoms with Gasteiger partial charge in [-0.2, -0.15) is 0 Å². The number of nitrogens with two attached hydrogens (primary N) is 1. The van der Waals surface area contributed by atoms with Gasteiger partial charge >= 0.3 is 0 Å². The van der Waals surface area contributed by atoms with Gasteiger partial charge in [-0.25, -0.2) is 0 Å². The van der Waals surface area contributed by atoms with E-state index in [1.165, 1.54) is 0 Å². The molecule has 1 aromatic rings. The minimum Gasteiger partial charge on any atom is -0.388 e. The fourth-order valence-electron chi connectivity index (χ4n) is 2.33. The third-order valence-corrected chi connectivity index (χ3v) is 3.63. The van der Waals surface area contributed by atoms with Crippen molar-refractivity contribution < 1.29 is 9.84 Å². The van der Waals surface area contributed by atoms with E-state index in [4.69, 9.17) is 10.5 Å². The van der Waals surface area contributed by atoms with E-state index in [1.807, 2.05) is 31.0 Å². The Balaban J connectivity index is 2.00. The normalized spacial score (nSPS) is 20.0. The predicted octanol–water partition coefficient (Wildman–Crippen LogP) is 1.08. The third kappa shape index (κ3) is 3.65. The Hall–Kier alpha value is -1.17. The van der Waals surface area contributed by atoms with Gasteiger partial charge in [0.1, 0.15) is 0 Å². The molecule has 19 heavy (non-hydrogen) atoms. The second kappa shape index (κ2) is 5.86. The molecule has 0 radical (unpaired) electrons. The maximum Gasteiger partial charge on any atom is 0.0865 e. The van der Waals surface area contributed by atoms with Gasteiger partial charge in [0.25, 0.3) is 0 Å². The molecule has 1 aliphatic rings. The summed E-state index contributed by atoms with van der Waals surface area (Å²) in [6.07, 6.45) is 3.17. The van der Waals surface area contributed by atoms with Crippen LogP contribution in [0.5, 0.6) is 0 Å². The second-order valence-electron chi connectivity index (χ2n) is 5.42. The molecule has 1 fully saturated rings. The zero-order valence-electron chi connectivity index (χ0n) is 11.7. The van der Waals surface area contributed by atoms with Crippen molar-refractivity contribution in [1.82, 2.24) is 4.98 Å². The van der Waals surface area contributed by atoms with Crippen LogP contribution in [0, 0.1) is 0 Å². The van der Waals surface area contributed by atoms with Crippen LogP contribution in [0.3, 0.4) is 0 Å². The number of rotatable bonds is 4. The standard InChI is InChI=1S/C14H23N3O2/c1-11(15)13-4-3-12(9-16-13)17(2)10-14(18)5-7-19-8-6-14/h3-4,9,11,18H,5-8,10,15H2,1-2H3/t11-/m1/s1. The summed E-state index contributed by atoms with van der Waals surface area (Å²) in [5.41, 5.74) is 6.99. The molecule has 0 aliphatic carbocycles. The summed E-state index contributed by atoms with van der Waals surface area (Å²) in [6, 6.07) is 3.87. The zero-order valence-corrected chi connectivity index (χ0v) is 11.7. The Morgan fingerprint density at radius 2 is 2.16 bits per heavy atom. The Morgan fingerprint density at radius 3 is 2.68 bits per heavy atom. The Morgan fingerprint density at radius 1 is 1.47 bits per heavy atom. The first kappa shape index (κ1) is 14.2. The van der Waals surface area contributed by atoms with Gasteiger partial charge in [0.15, 0.2) is 0 Å². The molecular weight excluding hydrogens is 242 g/mol. The molecule has 0 unspecified atom stereocenters. The fourth-order valence-corrected chi connectivity index (χ4v) is 2.33. The van der Waals surface area contributed by atoms with Crippen LogP contribution in [0.2, 0.25) is 0 Å². The number of hydrogen-bond acceptors (Lipinski definition) is 5. The van der Waals surface area contributed by atoms with Crippen molar-refractivity contribution in [3.8, 4) is 0 Å². The molecule has 0 bridgehead atoms. The maximum absolute atomic E-state index is 10.5. The lowest BCUT2D eigenvalue weighted by Crippen LogP contribution is -2.45. The number of pyridine rings is 1. The monoisotopic (exact) mass is 265 g/mol. The van der Waals surface area contributed by atoms with Crippen molar-refractivity contribution in [2.45, 2.75) is 31.4 Å². The highest BCUT2D eigenvalue weighted by molar-refractivity contribution is 5.44. The fraction of sp³-hybridized carbons (Fsp3) is 0.643. The number of anilines is 1. The molecule has 106 valence electrons. The summed E-state index contributed by atoms with van der Waals surface area (Å²) in [4.78, 5) is 6.37. The second-order valence-corrected chi connectivity index (χ2v) is 5.42. The van der Waals surface area contributed by atoms with Crippen molar-refractivity contribution in [3.63, 3.8) is 0 Å². The average molecular weight is 265 g/mol. The van der Waals surface area contributed by atoms with E-state index in [1.54, 1.807) is 6.20 Å². The molecule has 1 aliphatic heterocycles. The first-order valence-electron chi connectivity index (χ1n) is 6.73. The van der Waals surface area contributed by atoms with Crippen LogP contribution < -0.4 is 10.6 Å². The van der Waals surface area contributed by atoms with E-state index in [0.29, 0.717) is 32.6 Å². The van der Waals surface area contributed by atoms with Gasteiger partial charge in [0, 0.05) is 45.7 Å². The summed E-state index contributed by atoms with van der Waals surface area (Å²) in [5.74, 6) is 0. The molecule has 5 nitrogen and oxygen atoms in total. The van der Waals surface area contributed by atoms with Crippen molar-refractivity contribution in [2.75, 3.05) is 31.7 Å². The molecule has 3 N–H and O–H groups in total. The van der Waals surface area contributed by atoms with Gasteiger partial charge in [-0.15, -0.1) is 0 Å². The first-order chi connectivity index (χ1) is 9.00. The van der Waals surface area contributed by atoms with Gasteiger partial charge in [-0.1, -0.05) is 0 Å². The molecule has 0 spiro atoms. The first-order valence-corrected chi connectivity index (χ1v) is 6.73. The maximum atomic E-state index is 10.5. The van der Waals surface area contributed by atoms with Crippen molar-refractivity contribution in [2.24, 2.45) is 5.73 Å². The van der Waals surface area contributed by atoms with Crippen LogP contribution in [0.15, 0.2) is 18.3 Å². The van der Waals surface area contributed by atoms with Crippen molar-refractivity contribution >= 4 is 5.69 Å². The molecule has 2 heterocycles. The zero-order chi connectivity index (χ0) is 13.9. The number of hydrogen-bond donors (Lipinski definition) is 2. The predicted molar refractivity (Wildman–Crippen MR) is 75.1 cm³/mol. The number of ether oxygens (including phenoxy) is 1. The quantitative estimate of drug-likeness (QED) is 0.852. The highest BCUT2D eigenvalue weighted by Gasteiger charge is 2.31. The van der Waals surface area contributed by atoms with Crippen LogP contribution in [0.4, 0.5) is 5.69 Å². The van der Waals surface area contributed by atoms with Crippen LogP contribution in [0.1, 0.15) is 31.5 Å². The lowest BCUT2D eigenvalue weighted by Gasteiger charge is -2.36. The Bertz CT molecular complexity index is 400. The lowest BCUT2D eigenvalue weighted by molar-refractivity contribution is -0.0572. The molecule has 0 aromatic carbocycles. The van der Waals surface area contributed by atoms with E-state index in [2.05, 4.69) is 4.98 Å². The molecule has 0 saturated carbocycles. The minimum absolute atomic E-state index is 0.0565. The van der Waals surface area contributed by atoms with Crippen molar-refractivity contribution in [1.29, 1.82) is 0 Å². The smallest absolute Gasteiger partial charge is 0.0865 e. The molecule has 5 heteroatoms. The van der Waals surface area contributed by atoms with Gasteiger partial charge in [-0.3, -0.25) is 4.98 Å². The van der Waals surface area contributed by atoms with E-state index in [9.17, 15) is 5.11 Å². The average Bonchev–Trinajstić information content (AvgIpc) is 2.39. The number of nitrogens with zero attached hydrogens (tertiary/aromatic N) is 2. The van der Waals surface area contributed by atoms with E-state index < -0.39 is 5.60 Å². The number of aromatic nitrogens is 1. The Labute approximate surface area is 114 Å². The van der Waals surface area contributed by atoms with Gasteiger partial charge in [-0.05, 0) is 19.1 Å². The summed E-state index contributed by atoms with van der Waals surface area (Å²) >= 11 is 0. The van der Waals surface area contributed by atoms with E-state index in [0.717, 1.165) is 11.4 Å². The van der Waals surface area contributed by atoms with E-state index >= 15 is 0 Å². The summed E-state index contributed by atoms with van der Waals surface area (Å²) in [5, 5.41) is 10.5. The molecule has 0 amide bonds. The molecule has 2 rings (SSSR count). The van der Waals surface area contributed by atoms with E-state index in [-0.39, 0.29) is 6.04 Å². The Kier molecular flexibility index (Phi) is 4.39. The molecule has 1 saturated heterocycles. The van der Waals surface area contributed by atoms with Crippen LogP contribution in [0.25, 0.3) is 0 Å². The summed E-state index contributed by atoms with van der Waals surface area (Å²) in [6.45, 7) is 3.77. The van der Waals surface area contributed by atoms with Gasteiger partial charge in [0.05, 0.1) is 23.2 Å². The highest BCUT2D eigenvalue weighted by atomic mass is 16.5. The number of aliphatic hydroxyl groups is 1. The van der Waals surface area contributed by atoms with Crippen LogP contribution in [-0.4, -0.2) is 42.5 Å².